The third-order valence-electron chi connectivity index (χ3n) is 4.00. The second kappa shape index (κ2) is 6.66. The third-order valence-corrected chi connectivity index (χ3v) is 6.00. The second-order valence-corrected chi connectivity index (χ2v) is 7.61. The molecule has 1 aliphatic rings. The summed E-state index contributed by atoms with van der Waals surface area (Å²) < 4.78 is 0. The zero-order chi connectivity index (χ0) is 13.6. The highest BCUT2D eigenvalue weighted by Crippen LogP contribution is 2.22. The Morgan fingerprint density at radius 2 is 1.45 bits per heavy atom. The van der Waals surface area contributed by atoms with Crippen molar-refractivity contribution in [2.45, 2.75) is 31.4 Å². The maximum atomic E-state index is 4.41. The van der Waals surface area contributed by atoms with Crippen molar-refractivity contribution in [1.82, 2.24) is 4.98 Å². The van der Waals surface area contributed by atoms with Gasteiger partial charge in [-0.3, -0.25) is 4.98 Å². The number of hydrogen-bond acceptors (Lipinski definition) is 1. The Morgan fingerprint density at radius 3 is 2.15 bits per heavy atom. The van der Waals surface area contributed by atoms with Gasteiger partial charge >= 0.3 is 0 Å². The van der Waals surface area contributed by atoms with Crippen LogP contribution in [0.1, 0.15) is 19.3 Å². The molecule has 20 heavy (non-hydrogen) atoms. The minimum atomic E-state index is 0.508. The fourth-order valence-electron chi connectivity index (χ4n) is 2.87. The minimum Gasteiger partial charge on any atom is -0.256 e. The van der Waals surface area contributed by atoms with Crippen LogP contribution in [-0.2, 0) is 0 Å². The summed E-state index contributed by atoms with van der Waals surface area (Å²) in [5.41, 5.74) is 1.06. The molecule has 3 aromatic rings. The van der Waals surface area contributed by atoms with E-state index in [1.54, 1.807) is 24.9 Å². The van der Waals surface area contributed by atoms with E-state index in [9.17, 15) is 0 Å². The van der Waals surface area contributed by atoms with E-state index in [1.165, 1.54) is 22.6 Å². The first-order valence-corrected chi connectivity index (χ1v) is 9.68. The van der Waals surface area contributed by atoms with Crippen molar-refractivity contribution in [2.75, 3.05) is 0 Å². The lowest BCUT2D eigenvalue weighted by Gasteiger charge is -2.04. The van der Waals surface area contributed by atoms with Crippen molar-refractivity contribution in [3.63, 3.8) is 0 Å². The van der Waals surface area contributed by atoms with E-state index in [2.05, 4.69) is 35.3 Å². The molecular formula is C18H21NSi. The van der Waals surface area contributed by atoms with Gasteiger partial charge in [0, 0.05) is 26.5 Å². The molecule has 102 valence electrons. The molecule has 0 aliphatic carbocycles. The van der Waals surface area contributed by atoms with E-state index in [4.69, 9.17) is 0 Å². The average molecular weight is 279 g/mol. The van der Waals surface area contributed by atoms with Gasteiger partial charge in [-0.25, -0.2) is 0 Å². The summed E-state index contributed by atoms with van der Waals surface area (Å²) in [6, 6.07) is 19.8. The molecule has 1 aliphatic heterocycles. The van der Waals surface area contributed by atoms with E-state index in [0.29, 0.717) is 9.52 Å². The van der Waals surface area contributed by atoms with Crippen molar-refractivity contribution in [3.05, 3.63) is 54.7 Å². The Balaban J connectivity index is 0.000000170. The molecule has 0 saturated carbocycles. The van der Waals surface area contributed by atoms with Gasteiger partial charge in [0.1, 0.15) is 0 Å². The van der Waals surface area contributed by atoms with Crippen molar-refractivity contribution in [3.8, 4) is 0 Å². The first kappa shape index (κ1) is 13.3. The van der Waals surface area contributed by atoms with Crippen LogP contribution in [0.5, 0.6) is 0 Å². The van der Waals surface area contributed by atoms with Gasteiger partial charge in [0.2, 0.25) is 0 Å². The number of benzene rings is 2. The molecule has 1 aromatic heterocycles. The topological polar surface area (TPSA) is 12.9 Å². The largest absolute Gasteiger partial charge is 0.256 e. The van der Waals surface area contributed by atoms with Crippen LogP contribution < -0.4 is 0 Å². The lowest BCUT2D eigenvalue weighted by Crippen LogP contribution is -1.94. The highest BCUT2D eigenvalue weighted by atomic mass is 28.2. The van der Waals surface area contributed by atoms with E-state index in [-0.39, 0.29) is 0 Å². The molecule has 4 rings (SSSR count). The SMILES string of the molecule is C1CC[SiH2]CC1.c1ccc2c(c1)cnc1ccccc12. The molecule has 1 fully saturated rings. The summed E-state index contributed by atoms with van der Waals surface area (Å²) in [7, 11) is 0.508. The molecule has 1 saturated heterocycles. The molecular weight excluding hydrogens is 258 g/mol. The number of aromatic nitrogens is 1. The number of para-hydroxylation sites is 1. The molecule has 0 spiro atoms. The van der Waals surface area contributed by atoms with Crippen LogP contribution in [-0.4, -0.2) is 14.5 Å². The van der Waals surface area contributed by atoms with Crippen molar-refractivity contribution < 1.29 is 0 Å². The van der Waals surface area contributed by atoms with Gasteiger partial charge < -0.3 is 0 Å². The van der Waals surface area contributed by atoms with E-state index < -0.39 is 0 Å². The summed E-state index contributed by atoms with van der Waals surface area (Å²) in [5, 5.41) is 3.70. The quantitative estimate of drug-likeness (QED) is 0.434. The Bertz CT molecular complexity index is 623. The van der Waals surface area contributed by atoms with Crippen molar-refractivity contribution >= 4 is 31.2 Å². The number of fused-ring (bicyclic) bond motifs is 3. The van der Waals surface area contributed by atoms with Crippen LogP contribution in [0, 0.1) is 0 Å². The molecule has 2 aromatic carbocycles. The van der Waals surface area contributed by atoms with Gasteiger partial charge in [0.05, 0.1) is 5.52 Å². The highest BCUT2D eigenvalue weighted by Gasteiger charge is 1.98. The molecule has 2 heterocycles. The van der Waals surface area contributed by atoms with Gasteiger partial charge in [-0.2, -0.15) is 0 Å². The van der Waals surface area contributed by atoms with Crippen molar-refractivity contribution in [1.29, 1.82) is 0 Å². The van der Waals surface area contributed by atoms with E-state index >= 15 is 0 Å². The molecule has 0 unspecified atom stereocenters. The van der Waals surface area contributed by atoms with Crippen LogP contribution in [0.25, 0.3) is 21.7 Å². The van der Waals surface area contributed by atoms with Gasteiger partial charge in [0.15, 0.2) is 0 Å². The maximum absolute atomic E-state index is 4.41. The Kier molecular flexibility index (Phi) is 4.44. The van der Waals surface area contributed by atoms with Crippen LogP contribution in [0.3, 0.4) is 0 Å². The standard InChI is InChI=1S/C13H9N.C5H12Si/c1-2-6-11-10(5-1)9-14-13-8-4-3-7-12(11)13;1-2-4-6-5-3-1/h1-9H;1-6H2. The summed E-state index contributed by atoms with van der Waals surface area (Å²) in [5.74, 6) is 0. The van der Waals surface area contributed by atoms with Gasteiger partial charge in [-0.1, -0.05) is 73.8 Å². The summed E-state index contributed by atoms with van der Waals surface area (Å²) in [4.78, 5) is 4.41. The summed E-state index contributed by atoms with van der Waals surface area (Å²) in [6.45, 7) is 0. The number of hydrogen-bond donors (Lipinski definition) is 0. The fraction of sp³-hybridized carbons (Fsp3) is 0.278. The number of pyridine rings is 1. The average Bonchev–Trinajstić information content (AvgIpc) is 2.57. The van der Waals surface area contributed by atoms with Crippen LogP contribution in [0.2, 0.25) is 12.1 Å². The maximum Gasteiger partial charge on any atom is 0.0708 e. The van der Waals surface area contributed by atoms with Crippen LogP contribution in [0.15, 0.2) is 54.7 Å². The molecule has 2 heteroatoms. The number of rotatable bonds is 0. The Hall–Kier alpha value is -1.67. The first-order chi connectivity index (χ1) is 9.95. The van der Waals surface area contributed by atoms with Gasteiger partial charge in [-0.15, -0.1) is 0 Å². The van der Waals surface area contributed by atoms with Crippen LogP contribution in [0.4, 0.5) is 0 Å². The lowest BCUT2D eigenvalue weighted by molar-refractivity contribution is 0.734. The first-order valence-electron chi connectivity index (χ1n) is 7.68. The van der Waals surface area contributed by atoms with Gasteiger partial charge in [-0.05, 0) is 11.5 Å². The second-order valence-electron chi connectivity index (χ2n) is 5.48. The fourth-order valence-corrected chi connectivity index (χ4v) is 4.64. The summed E-state index contributed by atoms with van der Waals surface area (Å²) >= 11 is 0. The zero-order valence-electron chi connectivity index (χ0n) is 11.9. The van der Waals surface area contributed by atoms with Crippen molar-refractivity contribution in [2.24, 2.45) is 0 Å². The lowest BCUT2D eigenvalue weighted by atomic mass is 10.1. The molecule has 0 atom stereocenters. The molecule has 0 radical (unpaired) electrons. The predicted molar refractivity (Wildman–Crippen MR) is 91.3 cm³/mol. The highest BCUT2D eigenvalue weighted by molar-refractivity contribution is 6.35. The molecule has 0 N–H and O–H groups in total. The smallest absolute Gasteiger partial charge is 0.0708 e. The normalized spacial score (nSPS) is 14.8. The zero-order valence-corrected chi connectivity index (χ0v) is 13.3. The molecule has 0 amide bonds. The molecule has 1 nitrogen and oxygen atoms in total. The Labute approximate surface area is 122 Å². The van der Waals surface area contributed by atoms with Gasteiger partial charge in [0.25, 0.3) is 0 Å². The van der Waals surface area contributed by atoms with Crippen LogP contribution >= 0.6 is 0 Å². The third kappa shape index (κ3) is 3.07. The monoisotopic (exact) mass is 279 g/mol. The molecule has 0 bridgehead atoms. The van der Waals surface area contributed by atoms with E-state index in [1.807, 2.05) is 24.4 Å². The Morgan fingerprint density at radius 1 is 0.750 bits per heavy atom. The number of nitrogens with zero attached hydrogens (tertiary/aromatic N) is 1. The van der Waals surface area contributed by atoms with E-state index in [0.717, 1.165) is 5.52 Å². The predicted octanol–water partition coefficient (Wildman–Crippen LogP) is 4.56. The summed E-state index contributed by atoms with van der Waals surface area (Å²) in [6.07, 6.45) is 6.59. The minimum absolute atomic E-state index is 0.508.